The van der Waals surface area contributed by atoms with E-state index in [1.165, 1.54) is 0 Å². The van der Waals surface area contributed by atoms with Crippen molar-refractivity contribution in [3.8, 4) is 0 Å². The summed E-state index contributed by atoms with van der Waals surface area (Å²) in [5.41, 5.74) is 2.93. The minimum absolute atomic E-state index is 0.0293. The molecular weight excluding hydrogens is 837 g/mol. The average Bonchev–Trinajstić information content (AvgIpc) is 3.31. The van der Waals surface area contributed by atoms with Crippen molar-refractivity contribution in [1.29, 1.82) is 0 Å². The summed E-state index contributed by atoms with van der Waals surface area (Å²) in [6.45, 7) is -0.969. The topological polar surface area (TPSA) is 210 Å². The monoisotopic (exact) mass is 888 g/mol. The van der Waals surface area contributed by atoms with Gasteiger partial charge < -0.3 is 41.4 Å². The minimum Gasteiger partial charge on any atom is -0.433 e. The van der Waals surface area contributed by atoms with E-state index in [-0.39, 0.29) is 51.3 Å². The number of rotatable bonds is 23. The first-order valence-corrected chi connectivity index (χ1v) is 21.4. The highest BCUT2D eigenvalue weighted by atomic mass is 32.1. The Balaban J connectivity index is 1.25. The Labute approximate surface area is 376 Å². The molecule has 5 aromatic rings. The van der Waals surface area contributed by atoms with Gasteiger partial charge in [-0.3, -0.25) is 28.8 Å². The van der Waals surface area contributed by atoms with Crippen LogP contribution in [0.3, 0.4) is 0 Å². The Kier molecular flexibility index (Phi) is 19.2. The van der Waals surface area contributed by atoms with Crippen LogP contribution in [-0.2, 0) is 63.9 Å². The van der Waals surface area contributed by atoms with Crippen LogP contribution in [0.15, 0.2) is 133 Å². The third-order valence-electron chi connectivity index (χ3n) is 9.77. The fourth-order valence-corrected chi connectivity index (χ4v) is 6.68. The molecule has 0 radical (unpaired) electrons. The van der Waals surface area contributed by atoms with E-state index in [2.05, 4.69) is 44.5 Å². The largest absolute Gasteiger partial charge is 0.508 e. The molecule has 0 bridgehead atoms. The lowest BCUT2D eigenvalue weighted by molar-refractivity contribution is -0.134. The first kappa shape index (κ1) is 47.8. The van der Waals surface area contributed by atoms with Gasteiger partial charge in [-0.2, -0.15) is 12.6 Å². The number of ether oxygens (including phenoxy) is 2. The van der Waals surface area contributed by atoms with E-state index in [0.717, 1.165) is 21.9 Å². The summed E-state index contributed by atoms with van der Waals surface area (Å²) in [6, 6.07) is 36.9. The van der Waals surface area contributed by atoms with Crippen molar-refractivity contribution in [3.63, 3.8) is 0 Å². The fraction of sp³-hybridized carbons (Fsp3) is 0.271. The molecule has 5 aromatic carbocycles. The van der Waals surface area contributed by atoms with Crippen LogP contribution in [0.4, 0.5) is 4.79 Å². The minimum atomic E-state index is -1.22. The smallest absolute Gasteiger partial charge is 0.433 e. The van der Waals surface area contributed by atoms with E-state index < -0.39 is 66.9 Å². The summed E-state index contributed by atoms with van der Waals surface area (Å²) in [5, 5.41) is 18.1. The second-order valence-corrected chi connectivity index (χ2v) is 15.1. The van der Waals surface area contributed by atoms with Crippen molar-refractivity contribution in [2.45, 2.75) is 43.8 Å². The van der Waals surface area contributed by atoms with E-state index in [0.29, 0.717) is 16.9 Å². The van der Waals surface area contributed by atoms with Crippen molar-refractivity contribution in [2.24, 2.45) is 0 Å². The molecule has 64 heavy (non-hydrogen) atoms. The average molecular weight is 889 g/mol. The van der Waals surface area contributed by atoms with Crippen LogP contribution < -0.4 is 31.9 Å². The van der Waals surface area contributed by atoms with Gasteiger partial charge in [0.1, 0.15) is 31.3 Å². The van der Waals surface area contributed by atoms with Gasteiger partial charge in [0.15, 0.2) is 0 Å². The van der Waals surface area contributed by atoms with Crippen molar-refractivity contribution in [3.05, 3.63) is 156 Å². The van der Waals surface area contributed by atoms with Crippen molar-refractivity contribution >= 4 is 65.0 Å². The lowest BCUT2D eigenvalue weighted by Crippen LogP contribution is -2.58. The highest BCUT2D eigenvalue weighted by molar-refractivity contribution is 7.80. The predicted molar refractivity (Wildman–Crippen MR) is 244 cm³/mol. The number of carbonyl (C=O) groups excluding carboxylic acids is 7. The van der Waals surface area contributed by atoms with Crippen LogP contribution in [0.5, 0.6) is 0 Å². The maximum atomic E-state index is 14.2. The van der Waals surface area contributed by atoms with Crippen LogP contribution in [0, 0.1) is 0 Å². The van der Waals surface area contributed by atoms with E-state index in [9.17, 15) is 33.6 Å². The Hall–Kier alpha value is -7.20. The zero-order valence-electron chi connectivity index (χ0n) is 35.1. The van der Waals surface area contributed by atoms with E-state index >= 15 is 0 Å². The number of hydrogen-bond acceptors (Lipinski definition) is 10. The second-order valence-electron chi connectivity index (χ2n) is 14.7. The molecule has 0 saturated carbocycles. The summed E-state index contributed by atoms with van der Waals surface area (Å²) in [7, 11) is 0. The van der Waals surface area contributed by atoms with Crippen molar-refractivity contribution < 1.29 is 43.0 Å². The van der Waals surface area contributed by atoms with Gasteiger partial charge in [-0.1, -0.05) is 133 Å². The van der Waals surface area contributed by atoms with Crippen LogP contribution in [-0.4, -0.2) is 98.3 Å². The Morgan fingerprint density at radius 3 is 1.50 bits per heavy atom. The predicted octanol–water partition coefficient (Wildman–Crippen LogP) is 3.00. The summed E-state index contributed by atoms with van der Waals surface area (Å²) in [4.78, 5) is 92.4. The Morgan fingerprint density at radius 2 is 0.938 bits per heavy atom. The zero-order chi connectivity index (χ0) is 45.5. The van der Waals surface area contributed by atoms with E-state index in [4.69, 9.17) is 9.47 Å². The quantitative estimate of drug-likeness (QED) is 0.0292. The van der Waals surface area contributed by atoms with Crippen LogP contribution in [0.2, 0.25) is 0 Å². The molecule has 6 amide bonds. The second kappa shape index (κ2) is 25.7. The molecule has 334 valence electrons. The molecule has 0 aliphatic carbocycles. The molecular formula is C48H52N6O9S. The van der Waals surface area contributed by atoms with Gasteiger partial charge in [0.25, 0.3) is 0 Å². The van der Waals surface area contributed by atoms with Crippen LogP contribution in [0.25, 0.3) is 10.8 Å². The fourth-order valence-electron chi connectivity index (χ4n) is 6.59. The molecule has 0 aliphatic rings. The van der Waals surface area contributed by atoms with Gasteiger partial charge in [0, 0.05) is 25.0 Å². The Morgan fingerprint density at radius 1 is 0.453 bits per heavy atom. The van der Waals surface area contributed by atoms with Gasteiger partial charge in [-0.25, -0.2) is 4.79 Å². The highest BCUT2D eigenvalue weighted by Gasteiger charge is 2.30. The number of benzene rings is 5. The van der Waals surface area contributed by atoms with Crippen LogP contribution >= 0.6 is 12.6 Å². The molecule has 5 rings (SSSR count). The number of fused-ring (bicyclic) bond motifs is 1. The number of nitrogens with one attached hydrogen (secondary N) is 6. The molecule has 16 heteroatoms. The molecule has 0 spiro atoms. The van der Waals surface area contributed by atoms with Crippen molar-refractivity contribution in [1.82, 2.24) is 31.9 Å². The standard InChI is InChI=1S/C48H52N6O9S/c55-42(30-36-20-21-37-18-10-11-19-38(37)26-36)50-32-44(57)52-40(28-34-14-6-2-7-15-34)46(59)54-41(29-35-16-8-3-9-17-35)47(60)53-39(27-33-12-4-1-5-13-33)45(58)51-31-43(56)49-22-23-62-48(61)63-24-25-64/h1-21,26,39-41,64H,22-25,27-32H2,(H,49,56)(H,50,55)(H,51,58)(H,52,57)(H,53,60)(H,54,59)/t39-,40-,41-/m0/s1. The van der Waals surface area contributed by atoms with Gasteiger partial charge in [-0.15, -0.1) is 0 Å². The lowest BCUT2D eigenvalue weighted by Gasteiger charge is -2.26. The van der Waals surface area contributed by atoms with Gasteiger partial charge >= 0.3 is 6.16 Å². The summed E-state index contributed by atoms with van der Waals surface area (Å²) < 4.78 is 9.61. The van der Waals surface area contributed by atoms with Gasteiger partial charge in [-0.05, 0) is 33.0 Å². The number of thiol groups is 1. The number of hydrogen-bond donors (Lipinski definition) is 7. The third kappa shape index (κ3) is 16.6. The van der Waals surface area contributed by atoms with Crippen molar-refractivity contribution in [2.75, 3.05) is 38.6 Å². The van der Waals surface area contributed by atoms with E-state index in [1.807, 2.05) is 60.7 Å². The maximum Gasteiger partial charge on any atom is 0.508 e. The molecule has 0 saturated heterocycles. The molecule has 0 heterocycles. The molecule has 0 aliphatic heterocycles. The summed E-state index contributed by atoms with van der Waals surface area (Å²) >= 11 is 3.95. The van der Waals surface area contributed by atoms with E-state index in [1.54, 1.807) is 72.8 Å². The SMILES string of the molecule is O=C(CNC(=O)[C@H](Cc1ccccc1)NC(=O)[C@H](Cc1ccccc1)NC(=O)[C@H](Cc1ccccc1)NC(=O)CNC(=O)Cc1ccc2ccccc2c1)NCCOC(=O)OCCS. The Bertz CT molecular complexity index is 2340. The zero-order valence-corrected chi connectivity index (χ0v) is 36.0. The molecule has 0 aromatic heterocycles. The van der Waals surface area contributed by atoms with Crippen LogP contribution in [0.1, 0.15) is 22.3 Å². The highest BCUT2D eigenvalue weighted by Crippen LogP contribution is 2.16. The molecule has 15 nitrogen and oxygen atoms in total. The number of amides is 6. The van der Waals surface area contributed by atoms with Gasteiger partial charge in [0.2, 0.25) is 35.4 Å². The van der Waals surface area contributed by atoms with Gasteiger partial charge in [0.05, 0.1) is 26.1 Å². The first-order chi connectivity index (χ1) is 31.1. The number of carbonyl (C=O) groups is 7. The molecule has 6 N–H and O–H groups in total. The maximum absolute atomic E-state index is 14.2. The summed E-state index contributed by atoms with van der Waals surface area (Å²) in [6.07, 6.45) is -0.708. The molecule has 0 fully saturated rings. The normalized spacial score (nSPS) is 12.1. The lowest BCUT2D eigenvalue weighted by atomic mass is 10.0. The first-order valence-electron chi connectivity index (χ1n) is 20.8. The molecule has 3 atom stereocenters. The third-order valence-corrected chi connectivity index (χ3v) is 9.95. The summed E-state index contributed by atoms with van der Waals surface area (Å²) in [5.74, 6) is -3.27. The molecule has 0 unspecified atom stereocenters.